The average molecular weight is 931 g/mol. The molecule has 0 amide bonds. The van der Waals surface area contributed by atoms with Crippen LogP contribution in [0, 0.1) is 17.8 Å². The highest BCUT2D eigenvalue weighted by Crippen LogP contribution is 2.21. The van der Waals surface area contributed by atoms with Gasteiger partial charge in [-0.2, -0.15) is 24.9 Å². The van der Waals surface area contributed by atoms with Crippen LogP contribution in [0.4, 0.5) is 34.9 Å². The first kappa shape index (κ1) is 52.1. The largest absolute Gasteiger partial charge is 0.462 e. The fourth-order valence-electron chi connectivity index (χ4n) is 7.32. The quantitative estimate of drug-likeness (QED) is 0.0272. The second-order valence-electron chi connectivity index (χ2n) is 17.1. The van der Waals surface area contributed by atoms with Gasteiger partial charge in [0.25, 0.3) is 0 Å². The lowest BCUT2D eigenvalue weighted by molar-refractivity contribution is 0.0419. The molecule has 0 radical (unpaired) electrons. The van der Waals surface area contributed by atoms with Gasteiger partial charge in [0.15, 0.2) is 0 Å². The molecular weight excluding hydrogens is 861 g/mol. The van der Waals surface area contributed by atoms with Crippen molar-refractivity contribution in [3.05, 3.63) is 108 Å². The minimum atomic E-state index is -0.390. The van der Waals surface area contributed by atoms with E-state index < -0.39 is 0 Å². The highest BCUT2D eigenvalue weighted by atomic mass is 16.5. The highest BCUT2D eigenvalue weighted by Gasteiger charge is 2.17. The Balaban J connectivity index is 1.37. The second-order valence-corrected chi connectivity index (χ2v) is 17.1. The van der Waals surface area contributed by atoms with Crippen molar-refractivity contribution in [3.63, 3.8) is 0 Å². The average Bonchev–Trinajstić information content (AvgIpc) is 3.34. The van der Waals surface area contributed by atoms with Gasteiger partial charge in [-0.25, -0.2) is 18.8 Å². The Kier molecular flexibility index (Phi) is 20.8. The molecule has 364 valence electrons. The predicted octanol–water partition coefficient (Wildman–Crippen LogP) is 11.2. The number of carbonyl (C=O) groups is 3. The van der Waals surface area contributed by atoms with Crippen LogP contribution in [0.2, 0.25) is 0 Å². The summed E-state index contributed by atoms with van der Waals surface area (Å²) in [5.41, 5.74) is 9.67. The number of hydrogen-bond donors (Lipinski definition) is 4. The summed E-state index contributed by atoms with van der Waals surface area (Å²) in [4.78, 5) is 61.7. The lowest BCUT2D eigenvalue weighted by Gasteiger charge is -2.15. The summed E-state index contributed by atoms with van der Waals surface area (Å²) in [6, 6.07) is 20.4. The Hall–Kier alpha value is -6.84. The highest BCUT2D eigenvalue weighted by molar-refractivity contribution is 5.91. The zero-order chi connectivity index (χ0) is 48.8. The molecule has 0 aliphatic heterocycles. The fraction of sp³-hybridized carbons (Fsp3) is 0.462. The van der Waals surface area contributed by atoms with Crippen molar-refractivity contribution in [3.8, 4) is 0 Å². The maximum absolute atomic E-state index is 12.9. The number of hydrogen-bond acceptors (Lipinski definition) is 15. The first-order valence-corrected chi connectivity index (χ1v) is 24.3. The van der Waals surface area contributed by atoms with Crippen molar-refractivity contribution in [2.75, 3.05) is 41.5 Å². The smallest absolute Gasteiger partial charge is 0.338 e. The summed E-state index contributed by atoms with van der Waals surface area (Å²) < 4.78 is 18.3. The second kappa shape index (κ2) is 27.1. The van der Waals surface area contributed by atoms with E-state index in [1.165, 1.54) is 4.40 Å². The van der Waals surface area contributed by atoms with Gasteiger partial charge in [-0.15, -0.1) is 0 Å². The number of anilines is 6. The zero-order valence-corrected chi connectivity index (χ0v) is 40.7. The number of carbonyl (C=O) groups excluding carboxylic acids is 3. The van der Waals surface area contributed by atoms with E-state index in [1.54, 1.807) is 72.8 Å². The minimum Gasteiger partial charge on any atom is -0.462 e. The summed E-state index contributed by atoms with van der Waals surface area (Å²) in [5.74, 6) is 0.332. The molecule has 68 heavy (non-hydrogen) atoms. The molecule has 2 aromatic heterocycles. The molecule has 3 atom stereocenters. The molecule has 3 unspecified atom stereocenters. The molecule has 2 heterocycles. The maximum atomic E-state index is 12.9. The van der Waals surface area contributed by atoms with Crippen LogP contribution in [0.1, 0.15) is 150 Å². The molecule has 0 aliphatic rings. The van der Waals surface area contributed by atoms with Gasteiger partial charge in [0.05, 0.1) is 36.5 Å². The summed E-state index contributed by atoms with van der Waals surface area (Å²) in [6.07, 6.45) is 12.5. The first-order valence-electron chi connectivity index (χ1n) is 24.3. The van der Waals surface area contributed by atoms with Gasteiger partial charge in [0.1, 0.15) is 5.82 Å². The van der Waals surface area contributed by atoms with Crippen molar-refractivity contribution < 1.29 is 28.6 Å². The number of nitrogens with two attached hydrogens (primary N) is 1. The molecule has 0 aliphatic carbocycles. The zero-order valence-electron chi connectivity index (χ0n) is 40.7. The Labute approximate surface area is 400 Å². The van der Waals surface area contributed by atoms with Gasteiger partial charge in [-0.3, -0.25) is 0 Å². The Morgan fingerprint density at radius 1 is 0.574 bits per heavy atom. The molecule has 0 saturated carbocycles. The first-order chi connectivity index (χ1) is 33.0. The number of unbranched alkanes of at least 4 members (excludes halogenated alkanes) is 3. The topological polar surface area (TPSA) is 209 Å². The summed E-state index contributed by atoms with van der Waals surface area (Å²) in [7, 11) is 0. The van der Waals surface area contributed by atoms with Crippen LogP contribution in [0.5, 0.6) is 0 Å². The van der Waals surface area contributed by atoms with Crippen LogP contribution in [0.15, 0.2) is 90.2 Å². The van der Waals surface area contributed by atoms with Gasteiger partial charge in [0.2, 0.25) is 29.2 Å². The van der Waals surface area contributed by atoms with Gasteiger partial charge < -0.3 is 35.9 Å². The van der Waals surface area contributed by atoms with E-state index in [4.69, 9.17) is 19.9 Å². The Morgan fingerprint density at radius 2 is 0.941 bits per heavy atom. The predicted molar refractivity (Wildman–Crippen MR) is 268 cm³/mol. The van der Waals surface area contributed by atoms with Crippen LogP contribution in [-0.2, 0) is 14.2 Å². The molecule has 5 aromatic rings. The number of ether oxygens (including phenoxy) is 3. The number of nitrogen functional groups attached to an aromatic ring is 1. The van der Waals surface area contributed by atoms with Gasteiger partial charge >= 0.3 is 17.9 Å². The van der Waals surface area contributed by atoms with Crippen molar-refractivity contribution in [2.24, 2.45) is 22.7 Å². The molecule has 0 saturated heterocycles. The van der Waals surface area contributed by atoms with E-state index >= 15 is 0 Å². The summed E-state index contributed by atoms with van der Waals surface area (Å²) >= 11 is 0. The van der Waals surface area contributed by atoms with Crippen LogP contribution in [-0.4, -0.2) is 62.1 Å². The molecule has 0 fully saturated rings. The Bertz CT molecular complexity index is 2470. The molecule has 16 nitrogen and oxygen atoms in total. The molecule has 0 spiro atoms. The number of aromatic nitrogens is 5. The van der Waals surface area contributed by atoms with E-state index in [1.807, 2.05) is 0 Å². The van der Waals surface area contributed by atoms with Crippen molar-refractivity contribution in [1.82, 2.24) is 24.3 Å². The SMILES string of the molecule is C=C(/N=c1/nc(Nc2ccc(C(=O)OCC(CC)CCCC)cc2)nc2nc(Nc3ccc(C(=O)OCC(CC)CCCC)cc3)nc(N)n12)Nc1ccc(C(=O)OCC(CC)CCCC)cc1. The summed E-state index contributed by atoms with van der Waals surface area (Å²) in [5, 5.41) is 9.47. The third kappa shape index (κ3) is 15.9. The van der Waals surface area contributed by atoms with E-state index in [0.717, 1.165) is 77.0 Å². The number of nitrogens with zero attached hydrogens (tertiary/aromatic N) is 6. The summed E-state index contributed by atoms with van der Waals surface area (Å²) in [6.45, 7) is 18.0. The monoisotopic (exact) mass is 931 g/mol. The number of fused-ring (bicyclic) bond motifs is 1. The van der Waals surface area contributed by atoms with Crippen LogP contribution < -0.4 is 27.3 Å². The number of esters is 3. The van der Waals surface area contributed by atoms with Gasteiger partial charge in [-0.05, 0) is 110 Å². The van der Waals surface area contributed by atoms with Crippen LogP contribution in [0.3, 0.4) is 0 Å². The lowest BCUT2D eigenvalue weighted by atomic mass is 10.0. The van der Waals surface area contributed by atoms with Crippen LogP contribution in [0.25, 0.3) is 5.78 Å². The Morgan fingerprint density at radius 3 is 1.31 bits per heavy atom. The number of benzene rings is 3. The number of nitrogens with one attached hydrogen (secondary N) is 3. The lowest BCUT2D eigenvalue weighted by Crippen LogP contribution is -2.26. The van der Waals surface area contributed by atoms with E-state index in [0.29, 0.717) is 71.3 Å². The van der Waals surface area contributed by atoms with Crippen molar-refractivity contribution in [2.45, 2.75) is 119 Å². The number of rotatable bonds is 28. The molecule has 5 rings (SSSR count). The third-order valence-electron chi connectivity index (χ3n) is 11.8. The van der Waals surface area contributed by atoms with E-state index in [2.05, 4.69) is 89.0 Å². The minimum absolute atomic E-state index is 0.0323. The molecular formula is C52H70N10O6. The fourth-order valence-corrected chi connectivity index (χ4v) is 7.32. The molecule has 5 N–H and O–H groups in total. The third-order valence-corrected chi connectivity index (χ3v) is 11.8. The molecule has 16 heteroatoms. The van der Waals surface area contributed by atoms with Crippen LogP contribution >= 0.6 is 0 Å². The maximum Gasteiger partial charge on any atom is 0.338 e. The van der Waals surface area contributed by atoms with Crippen molar-refractivity contribution >= 4 is 58.6 Å². The standard InChI is InChI=1S/C52H70N10O6/c1-8-14-17-36(11-4)32-66-45(63)39-20-26-42(27-21-39)54-35(7)55-51-60-50(57-44-30-24-41(25-31-44)47(65)68-34-38(13-6)19-16-10-3)61-52-59-49(58-48(53)62(51)52)56-43-28-22-40(23-29-43)46(64)67-33-37(12-5)18-15-9-2/h20-31,36-38,54H,7-19,32-34H2,1-6H3,(H4,53,55,56,57,58,59,60,61). The van der Waals surface area contributed by atoms with E-state index in [9.17, 15) is 14.4 Å². The van der Waals surface area contributed by atoms with Crippen molar-refractivity contribution in [1.29, 1.82) is 0 Å². The molecule has 0 bridgehead atoms. The van der Waals surface area contributed by atoms with E-state index in [-0.39, 0.29) is 53.0 Å². The van der Waals surface area contributed by atoms with Gasteiger partial charge in [-0.1, -0.05) is 106 Å². The molecule has 3 aromatic carbocycles. The normalized spacial score (nSPS) is 12.8. The van der Waals surface area contributed by atoms with Gasteiger partial charge in [0, 0.05) is 17.1 Å².